The molecule has 2 saturated heterocycles. The lowest BCUT2D eigenvalue weighted by Crippen LogP contribution is -2.52. The monoisotopic (exact) mass is 524 g/mol. The summed E-state index contributed by atoms with van der Waals surface area (Å²) >= 11 is 6.40. The van der Waals surface area contributed by atoms with Crippen LogP contribution in [-0.4, -0.2) is 63.8 Å². The summed E-state index contributed by atoms with van der Waals surface area (Å²) in [5.41, 5.74) is 4.81. The van der Waals surface area contributed by atoms with Gasteiger partial charge < -0.3 is 15.3 Å². The van der Waals surface area contributed by atoms with Gasteiger partial charge in [-0.05, 0) is 60.2 Å². The number of fused-ring (bicyclic) bond motifs is 1. The molecule has 3 heterocycles. The Morgan fingerprint density at radius 3 is 2.70 bits per heavy atom. The molecule has 2 fully saturated rings. The van der Waals surface area contributed by atoms with Gasteiger partial charge in [0.25, 0.3) is 5.91 Å². The number of aliphatic hydroxyl groups excluding tert-OH is 1. The second-order valence-corrected chi connectivity index (χ2v) is 10.4. The molecule has 0 bridgehead atoms. The molecule has 0 aromatic heterocycles. The Bertz CT molecular complexity index is 1290. The van der Waals surface area contributed by atoms with Crippen molar-refractivity contribution in [3.8, 4) is 0 Å². The van der Waals surface area contributed by atoms with Crippen LogP contribution in [0.2, 0.25) is 5.02 Å². The summed E-state index contributed by atoms with van der Waals surface area (Å²) in [6.45, 7) is 4.18. The minimum Gasteiger partial charge on any atom is -0.390 e. The molecular weight excluding hydrogens is 496 g/mol. The number of hydrogen-bond acceptors (Lipinski definition) is 6. The number of nitrogens with one attached hydrogen (secondary N) is 2. The van der Waals surface area contributed by atoms with E-state index in [1.54, 1.807) is 12.1 Å². The summed E-state index contributed by atoms with van der Waals surface area (Å²) in [6, 6.07) is 8.56. The molecule has 0 aliphatic carbocycles. The van der Waals surface area contributed by atoms with Crippen LogP contribution < -0.4 is 10.6 Å². The van der Waals surface area contributed by atoms with E-state index in [0.29, 0.717) is 55.3 Å². The van der Waals surface area contributed by atoms with Crippen molar-refractivity contribution in [1.29, 1.82) is 0 Å². The quantitative estimate of drug-likeness (QED) is 0.478. The first kappa shape index (κ1) is 25.4. The van der Waals surface area contributed by atoms with Crippen LogP contribution in [-0.2, 0) is 33.9 Å². The summed E-state index contributed by atoms with van der Waals surface area (Å²) in [5.74, 6) is -1.14. The predicted molar refractivity (Wildman–Crippen MR) is 137 cm³/mol. The average molecular weight is 525 g/mol. The number of anilines is 1. The number of rotatable bonds is 7. The number of carbonyl (C=O) groups excluding carboxylic acids is 4. The average Bonchev–Trinajstić information content (AvgIpc) is 3.15. The van der Waals surface area contributed by atoms with Gasteiger partial charge in [0.1, 0.15) is 6.04 Å². The van der Waals surface area contributed by atoms with E-state index in [2.05, 4.69) is 15.5 Å². The highest BCUT2D eigenvalue weighted by atomic mass is 35.5. The molecule has 3 N–H and O–H groups in total. The third kappa shape index (κ3) is 5.39. The molecule has 194 valence electrons. The number of nitrogens with zero attached hydrogens (tertiary/aromatic N) is 2. The zero-order chi connectivity index (χ0) is 26.3. The van der Waals surface area contributed by atoms with Crippen molar-refractivity contribution in [3.05, 3.63) is 63.2 Å². The van der Waals surface area contributed by atoms with Crippen molar-refractivity contribution in [1.82, 2.24) is 15.1 Å². The van der Waals surface area contributed by atoms with Crippen LogP contribution in [0.3, 0.4) is 0 Å². The van der Waals surface area contributed by atoms with E-state index in [1.165, 1.54) is 4.90 Å². The Morgan fingerprint density at radius 1 is 1.19 bits per heavy atom. The third-order valence-electron chi connectivity index (χ3n) is 7.30. The lowest BCUT2D eigenvalue weighted by molar-refractivity contribution is -0.137. The second-order valence-electron chi connectivity index (χ2n) is 10.0. The van der Waals surface area contributed by atoms with Gasteiger partial charge in [0.05, 0.1) is 6.10 Å². The first-order chi connectivity index (χ1) is 17.7. The summed E-state index contributed by atoms with van der Waals surface area (Å²) in [4.78, 5) is 53.0. The number of aliphatic hydroxyl groups is 1. The normalized spacial score (nSPS) is 20.0. The van der Waals surface area contributed by atoms with E-state index in [-0.39, 0.29) is 36.7 Å². The molecule has 2 aromatic carbocycles. The van der Waals surface area contributed by atoms with Gasteiger partial charge in [0.15, 0.2) is 0 Å². The minimum atomic E-state index is -0.649. The molecule has 5 rings (SSSR count). The summed E-state index contributed by atoms with van der Waals surface area (Å²) in [7, 11) is 0. The topological polar surface area (TPSA) is 119 Å². The molecule has 0 spiro atoms. The van der Waals surface area contributed by atoms with E-state index in [0.717, 1.165) is 22.3 Å². The minimum absolute atomic E-state index is 0.165. The zero-order valence-electron chi connectivity index (χ0n) is 20.6. The molecule has 10 heteroatoms. The molecule has 4 amide bonds. The standard InChI is InChI=1S/C27H29ClN4O5/c1-15-18(11-31-13-20(33)14-31)9-19(10-22(15)28)29-24(34)6-3-16-2-4-17-12-32(27(37)21(17)8-16)23-5-7-25(35)30-26(23)36/h2,4,8-10,20,23,33H,3,5-7,11-14H2,1H3,(H,29,34)(H,30,35,36). The Hall–Kier alpha value is -3.27. The number of amides is 4. The molecule has 1 unspecified atom stereocenters. The van der Waals surface area contributed by atoms with E-state index in [4.69, 9.17) is 11.6 Å². The number of likely N-dealkylation sites (tertiary alicyclic amines) is 1. The molecule has 2 aromatic rings. The van der Waals surface area contributed by atoms with Crippen molar-refractivity contribution < 1.29 is 24.3 Å². The van der Waals surface area contributed by atoms with Crippen molar-refractivity contribution >= 4 is 40.9 Å². The van der Waals surface area contributed by atoms with Crippen LogP contribution >= 0.6 is 11.6 Å². The fourth-order valence-electron chi connectivity index (χ4n) is 5.12. The highest BCUT2D eigenvalue weighted by Gasteiger charge is 2.39. The second kappa shape index (κ2) is 10.2. The summed E-state index contributed by atoms with van der Waals surface area (Å²) < 4.78 is 0. The third-order valence-corrected chi connectivity index (χ3v) is 7.69. The number of hydrogen-bond donors (Lipinski definition) is 3. The smallest absolute Gasteiger partial charge is 0.255 e. The van der Waals surface area contributed by atoms with Crippen LogP contribution in [0.5, 0.6) is 0 Å². The number of β-amino-alcohol motifs (C(OH)–C–C–N with tert-alkyl or cyclic N) is 1. The number of halogens is 1. The Labute approximate surface area is 219 Å². The first-order valence-corrected chi connectivity index (χ1v) is 12.8. The lowest BCUT2D eigenvalue weighted by atomic mass is 10.0. The predicted octanol–water partition coefficient (Wildman–Crippen LogP) is 2.16. The maximum absolute atomic E-state index is 13.0. The van der Waals surface area contributed by atoms with Gasteiger partial charge in [0.2, 0.25) is 17.7 Å². The van der Waals surface area contributed by atoms with Gasteiger partial charge in [0, 0.05) is 55.3 Å². The SMILES string of the molecule is Cc1c(Cl)cc(NC(=O)CCc2ccc3c(c2)C(=O)N(C2CCC(=O)NC2=O)C3)cc1CN1CC(O)C1. The number of aryl methyl sites for hydroxylation is 1. The van der Waals surface area contributed by atoms with Gasteiger partial charge >= 0.3 is 0 Å². The molecule has 3 aliphatic heterocycles. The van der Waals surface area contributed by atoms with Gasteiger partial charge in [-0.3, -0.25) is 29.4 Å². The van der Waals surface area contributed by atoms with E-state index >= 15 is 0 Å². The van der Waals surface area contributed by atoms with E-state index in [9.17, 15) is 24.3 Å². The van der Waals surface area contributed by atoms with Crippen molar-refractivity contribution in [2.24, 2.45) is 0 Å². The molecule has 0 radical (unpaired) electrons. The highest BCUT2D eigenvalue weighted by molar-refractivity contribution is 6.31. The van der Waals surface area contributed by atoms with Gasteiger partial charge in [-0.1, -0.05) is 23.7 Å². The lowest BCUT2D eigenvalue weighted by Gasteiger charge is -2.36. The number of benzene rings is 2. The summed E-state index contributed by atoms with van der Waals surface area (Å²) in [5, 5.41) is 15.3. The van der Waals surface area contributed by atoms with Crippen LogP contribution in [0, 0.1) is 6.92 Å². The maximum Gasteiger partial charge on any atom is 0.255 e. The maximum atomic E-state index is 13.0. The van der Waals surface area contributed by atoms with Gasteiger partial charge in [-0.25, -0.2) is 0 Å². The molecule has 3 aliphatic rings. The van der Waals surface area contributed by atoms with Gasteiger partial charge in [-0.15, -0.1) is 0 Å². The van der Waals surface area contributed by atoms with Crippen molar-refractivity contribution in [3.63, 3.8) is 0 Å². The summed E-state index contributed by atoms with van der Waals surface area (Å²) in [6.07, 6.45) is 0.925. The Kier molecular flexibility index (Phi) is 7.02. The van der Waals surface area contributed by atoms with Crippen molar-refractivity contribution in [2.45, 2.75) is 57.8 Å². The fourth-order valence-corrected chi connectivity index (χ4v) is 5.36. The Morgan fingerprint density at radius 2 is 1.97 bits per heavy atom. The molecule has 1 atom stereocenters. The van der Waals surface area contributed by atoms with E-state index < -0.39 is 11.9 Å². The largest absolute Gasteiger partial charge is 0.390 e. The highest BCUT2D eigenvalue weighted by Crippen LogP contribution is 2.29. The molecule has 0 saturated carbocycles. The van der Waals surface area contributed by atoms with Crippen LogP contribution in [0.25, 0.3) is 0 Å². The number of carbonyl (C=O) groups is 4. The Balaban J connectivity index is 1.19. The molecule has 37 heavy (non-hydrogen) atoms. The number of piperidine rings is 1. The van der Waals surface area contributed by atoms with Gasteiger partial charge in [-0.2, -0.15) is 0 Å². The van der Waals surface area contributed by atoms with Crippen LogP contribution in [0.15, 0.2) is 30.3 Å². The van der Waals surface area contributed by atoms with Crippen molar-refractivity contribution in [2.75, 3.05) is 18.4 Å². The zero-order valence-corrected chi connectivity index (χ0v) is 21.3. The molecular formula is C27H29ClN4O5. The fraction of sp³-hybridized carbons (Fsp3) is 0.407. The van der Waals surface area contributed by atoms with Crippen LogP contribution in [0.4, 0.5) is 5.69 Å². The van der Waals surface area contributed by atoms with E-state index in [1.807, 2.05) is 25.1 Å². The molecule has 9 nitrogen and oxygen atoms in total. The first-order valence-electron chi connectivity index (χ1n) is 12.4. The van der Waals surface area contributed by atoms with Crippen LogP contribution in [0.1, 0.15) is 51.9 Å². The number of imide groups is 1.